The van der Waals surface area contributed by atoms with Gasteiger partial charge in [0.2, 0.25) is 5.28 Å². The summed E-state index contributed by atoms with van der Waals surface area (Å²) in [7, 11) is 0. The fourth-order valence-corrected chi connectivity index (χ4v) is 2.00. The molecule has 0 fully saturated rings. The van der Waals surface area contributed by atoms with Crippen LogP contribution in [0.4, 0.5) is 4.79 Å². The zero-order valence-corrected chi connectivity index (χ0v) is 12.6. The molecule has 2 heterocycles. The van der Waals surface area contributed by atoms with E-state index in [4.69, 9.17) is 16.3 Å². The Morgan fingerprint density at radius 2 is 2.00 bits per heavy atom. The summed E-state index contributed by atoms with van der Waals surface area (Å²) >= 11 is 5.67. The lowest BCUT2D eigenvalue weighted by Gasteiger charge is -2.29. The van der Waals surface area contributed by atoms with Crippen molar-refractivity contribution in [1.82, 2.24) is 14.9 Å². The molecule has 0 atom stereocenters. The number of halogens is 1. The molecule has 0 unspecified atom stereocenters. The van der Waals surface area contributed by atoms with E-state index in [1.807, 2.05) is 26.8 Å². The van der Waals surface area contributed by atoms with Crippen LogP contribution in [0.3, 0.4) is 0 Å². The molecule has 1 aliphatic rings. The third-order valence-corrected chi connectivity index (χ3v) is 3.05. The maximum atomic E-state index is 11.9. The average Bonchev–Trinajstić information content (AvgIpc) is 2.38. The molecule has 108 valence electrons. The first-order valence-corrected chi connectivity index (χ1v) is 6.88. The van der Waals surface area contributed by atoms with Crippen molar-refractivity contribution in [3.05, 3.63) is 29.3 Å². The van der Waals surface area contributed by atoms with Crippen molar-refractivity contribution in [3.63, 3.8) is 0 Å². The number of carbonyl (C=O) groups excluding carboxylic acids is 1. The fourth-order valence-electron chi connectivity index (χ4n) is 1.90. The maximum Gasteiger partial charge on any atom is 0.410 e. The Hall–Kier alpha value is -1.62. The zero-order valence-electron chi connectivity index (χ0n) is 11.9. The largest absolute Gasteiger partial charge is 0.444 e. The van der Waals surface area contributed by atoms with E-state index >= 15 is 0 Å². The van der Waals surface area contributed by atoms with Gasteiger partial charge in [0.25, 0.3) is 0 Å². The molecule has 1 aromatic rings. The van der Waals surface area contributed by atoms with Gasteiger partial charge in [0.05, 0.1) is 0 Å². The first-order chi connectivity index (χ1) is 9.35. The van der Waals surface area contributed by atoms with Crippen LogP contribution in [0.5, 0.6) is 0 Å². The van der Waals surface area contributed by atoms with E-state index in [0.717, 1.165) is 17.6 Å². The first kappa shape index (κ1) is 14.8. The van der Waals surface area contributed by atoms with Gasteiger partial charge in [-0.25, -0.2) is 14.8 Å². The molecule has 2 rings (SSSR count). The molecule has 20 heavy (non-hydrogen) atoms. The zero-order chi connectivity index (χ0) is 14.8. The second kappa shape index (κ2) is 5.79. The van der Waals surface area contributed by atoms with E-state index < -0.39 is 5.60 Å². The van der Waals surface area contributed by atoms with Gasteiger partial charge in [-0.3, -0.25) is 0 Å². The normalized spacial score (nSPS) is 15.8. The second-order valence-corrected chi connectivity index (χ2v) is 5.98. The highest BCUT2D eigenvalue weighted by Crippen LogP contribution is 2.22. The number of hydrogen-bond donors (Lipinski definition) is 0. The molecule has 0 bridgehead atoms. The summed E-state index contributed by atoms with van der Waals surface area (Å²) in [4.78, 5) is 21.6. The average molecular weight is 296 g/mol. The van der Waals surface area contributed by atoms with Crippen molar-refractivity contribution in [2.45, 2.75) is 32.8 Å². The molecule has 0 saturated carbocycles. The third-order valence-electron chi connectivity index (χ3n) is 2.85. The molecule has 0 N–H and O–H groups in total. The second-order valence-electron chi connectivity index (χ2n) is 5.65. The van der Waals surface area contributed by atoms with Gasteiger partial charge < -0.3 is 9.64 Å². The number of aromatic nitrogens is 2. The lowest BCUT2D eigenvalue weighted by Crippen LogP contribution is -2.39. The number of ether oxygens (including phenoxy) is 1. The highest BCUT2D eigenvalue weighted by atomic mass is 35.5. The molecular formula is C14H18ClN3O2. The first-order valence-electron chi connectivity index (χ1n) is 6.50. The van der Waals surface area contributed by atoms with Crippen LogP contribution in [0, 0.1) is 0 Å². The molecule has 0 radical (unpaired) electrons. The standard InChI is InChI=1S/C14H18ClN3O2/c1-14(2,3)20-13(19)18-6-4-10(5-7-18)11-8-16-12(15)17-9-11/h4,8-9H,5-7H2,1-3H3. The van der Waals surface area contributed by atoms with Gasteiger partial charge >= 0.3 is 6.09 Å². The minimum absolute atomic E-state index is 0.237. The van der Waals surface area contributed by atoms with Gasteiger partial charge in [-0.15, -0.1) is 0 Å². The monoisotopic (exact) mass is 295 g/mol. The van der Waals surface area contributed by atoms with Crippen molar-refractivity contribution >= 4 is 23.3 Å². The van der Waals surface area contributed by atoms with Crippen molar-refractivity contribution in [1.29, 1.82) is 0 Å². The smallest absolute Gasteiger partial charge is 0.410 e. The van der Waals surface area contributed by atoms with Crippen molar-refractivity contribution in [2.75, 3.05) is 13.1 Å². The van der Waals surface area contributed by atoms with E-state index in [0.29, 0.717) is 13.1 Å². The Morgan fingerprint density at radius 1 is 1.35 bits per heavy atom. The van der Waals surface area contributed by atoms with Crippen LogP contribution in [-0.4, -0.2) is 39.7 Å². The summed E-state index contributed by atoms with van der Waals surface area (Å²) in [6.45, 7) is 6.75. The van der Waals surface area contributed by atoms with Gasteiger partial charge in [0.1, 0.15) is 5.60 Å². The Kier molecular flexibility index (Phi) is 4.28. The van der Waals surface area contributed by atoms with E-state index in [1.54, 1.807) is 17.3 Å². The summed E-state index contributed by atoms with van der Waals surface area (Å²) in [6, 6.07) is 0. The molecule has 0 saturated heterocycles. The van der Waals surface area contributed by atoms with Crippen LogP contribution < -0.4 is 0 Å². The van der Waals surface area contributed by atoms with Gasteiger partial charge in [-0.1, -0.05) is 6.08 Å². The SMILES string of the molecule is CC(C)(C)OC(=O)N1CC=C(c2cnc(Cl)nc2)CC1. The number of nitrogens with zero attached hydrogens (tertiary/aromatic N) is 3. The number of carbonyl (C=O) groups is 1. The summed E-state index contributed by atoms with van der Waals surface area (Å²) < 4.78 is 5.35. The Balaban J connectivity index is 2.00. The predicted octanol–water partition coefficient (Wildman–Crippen LogP) is 3.15. The molecule has 1 aliphatic heterocycles. The van der Waals surface area contributed by atoms with E-state index in [1.165, 1.54) is 0 Å². The van der Waals surface area contributed by atoms with Crippen LogP contribution in [0.2, 0.25) is 5.28 Å². The van der Waals surface area contributed by atoms with Crippen LogP contribution in [0.25, 0.3) is 5.57 Å². The third kappa shape index (κ3) is 3.93. The van der Waals surface area contributed by atoms with E-state index in [-0.39, 0.29) is 11.4 Å². The van der Waals surface area contributed by atoms with Crippen LogP contribution in [-0.2, 0) is 4.74 Å². The molecule has 6 heteroatoms. The van der Waals surface area contributed by atoms with Gasteiger partial charge in [-0.2, -0.15) is 0 Å². The number of rotatable bonds is 1. The predicted molar refractivity (Wildman–Crippen MR) is 77.4 cm³/mol. The lowest BCUT2D eigenvalue weighted by molar-refractivity contribution is 0.0270. The van der Waals surface area contributed by atoms with Crippen LogP contribution in [0.15, 0.2) is 18.5 Å². The molecule has 0 spiro atoms. The highest BCUT2D eigenvalue weighted by Gasteiger charge is 2.23. The van der Waals surface area contributed by atoms with E-state index in [9.17, 15) is 4.79 Å². The van der Waals surface area contributed by atoms with Crippen molar-refractivity contribution in [2.24, 2.45) is 0 Å². The lowest BCUT2D eigenvalue weighted by atomic mass is 10.0. The minimum Gasteiger partial charge on any atom is -0.444 e. The molecule has 1 aromatic heterocycles. The van der Waals surface area contributed by atoms with Crippen molar-refractivity contribution in [3.8, 4) is 0 Å². The molecule has 0 aromatic carbocycles. The summed E-state index contributed by atoms with van der Waals surface area (Å²) in [6.07, 6.45) is 5.87. The molecule has 1 amide bonds. The van der Waals surface area contributed by atoms with Gasteiger partial charge in [-0.05, 0) is 44.4 Å². The van der Waals surface area contributed by atoms with Crippen LogP contribution >= 0.6 is 11.6 Å². The topological polar surface area (TPSA) is 55.3 Å². The maximum absolute atomic E-state index is 11.9. The Labute approximate surface area is 123 Å². The minimum atomic E-state index is -0.467. The van der Waals surface area contributed by atoms with Gasteiger partial charge in [0, 0.05) is 31.0 Å². The Bertz CT molecular complexity index is 520. The quantitative estimate of drug-likeness (QED) is 0.747. The number of amides is 1. The summed E-state index contributed by atoms with van der Waals surface area (Å²) in [5.41, 5.74) is 1.60. The summed E-state index contributed by atoms with van der Waals surface area (Å²) in [5, 5.41) is 0.237. The van der Waals surface area contributed by atoms with Crippen LogP contribution in [0.1, 0.15) is 32.8 Å². The Morgan fingerprint density at radius 3 is 2.50 bits per heavy atom. The highest BCUT2D eigenvalue weighted by molar-refractivity contribution is 6.28. The number of hydrogen-bond acceptors (Lipinski definition) is 4. The molecule has 0 aliphatic carbocycles. The fraction of sp³-hybridized carbons (Fsp3) is 0.500. The van der Waals surface area contributed by atoms with E-state index in [2.05, 4.69) is 9.97 Å². The molecular weight excluding hydrogens is 278 g/mol. The van der Waals surface area contributed by atoms with Crippen molar-refractivity contribution < 1.29 is 9.53 Å². The summed E-state index contributed by atoms with van der Waals surface area (Å²) in [5.74, 6) is 0. The molecule has 5 nitrogen and oxygen atoms in total. The van der Waals surface area contributed by atoms with Gasteiger partial charge in [0.15, 0.2) is 0 Å².